The molecule has 0 spiro atoms. The second-order valence-electron chi connectivity index (χ2n) is 9.68. The van der Waals surface area contributed by atoms with Crippen LogP contribution < -0.4 is 16.4 Å². The van der Waals surface area contributed by atoms with Crippen molar-refractivity contribution < 1.29 is 4.74 Å². The maximum Gasteiger partial charge on any atom is 0.126 e. The van der Waals surface area contributed by atoms with Gasteiger partial charge in [-0.3, -0.25) is 0 Å². The summed E-state index contributed by atoms with van der Waals surface area (Å²) in [5, 5.41) is 8.09. The number of hydrogen-bond acceptors (Lipinski definition) is 6. The minimum absolute atomic E-state index is 0.0689. The molecule has 8 heteroatoms. The van der Waals surface area contributed by atoms with Crippen molar-refractivity contribution in [1.29, 1.82) is 0 Å². The summed E-state index contributed by atoms with van der Waals surface area (Å²) in [6, 6.07) is 6.40. The van der Waals surface area contributed by atoms with E-state index in [2.05, 4.69) is 29.5 Å². The molecule has 3 heterocycles. The fraction of sp³-hybridized carbons (Fsp3) is 0.583. The van der Waals surface area contributed by atoms with Crippen LogP contribution in [0.25, 0.3) is 11.3 Å². The Morgan fingerprint density at radius 1 is 1.09 bits per heavy atom. The lowest BCUT2D eigenvalue weighted by Gasteiger charge is -2.35. The van der Waals surface area contributed by atoms with E-state index in [-0.39, 0.29) is 5.60 Å². The van der Waals surface area contributed by atoms with E-state index >= 15 is 0 Å². The molecular formula is C24H33Cl2N5O. The summed E-state index contributed by atoms with van der Waals surface area (Å²) in [5.74, 6) is 2.12. The maximum absolute atomic E-state index is 6.53. The predicted octanol–water partition coefficient (Wildman–Crippen LogP) is 5.75. The fourth-order valence-corrected chi connectivity index (χ4v) is 5.08. The van der Waals surface area contributed by atoms with Crippen molar-refractivity contribution >= 4 is 34.8 Å². The number of ether oxygens (including phenoxy) is 1. The molecule has 32 heavy (non-hydrogen) atoms. The van der Waals surface area contributed by atoms with Gasteiger partial charge >= 0.3 is 0 Å². The zero-order chi connectivity index (χ0) is 22.7. The number of pyridine rings is 2. The van der Waals surface area contributed by atoms with Crippen molar-refractivity contribution in [3.05, 3.63) is 34.4 Å². The van der Waals surface area contributed by atoms with Crippen molar-refractivity contribution in [2.24, 2.45) is 11.7 Å². The second kappa shape index (κ2) is 10.1. The third-order valence-corrected chi connectivity index (χ3v) is 7.06. The van der Waals surface area contributed by atoms with Gasteiger partial charge in [-0.1, -0.05) is 23.2 Å². The number of nitrogens with zero attached hydrogens (tertiary/aromatic N) is 2. The topological polar surface area (TPSA) is 85.1 Å². The Labute approximate surface area is 200 Å². The first-order chi connectivity index (χ1) is 15.3. The molecular weight excluding hydrogens is 445 g/mol. The summed E-state index contributed by atoms with van der Waals surface area (Å²) < 4.78 is 5.83. The molecule has 6 nitrogen and oxygen atoms in total. The largest absolute Gasteiger partial charge is 0.376 e. The molecule has 4 N–H and O–H groups in total. The molecule has 4 rings (SSSR count). The van der Waals surface area contributed by atoms with E-state index in [9.17, 15) is 0 Å². The highest BCUT2D eigenvalue weighted by Gasteiger charge is 2.28. The Morgan fingerprint density at radius 2 is 1.88 bits per heavy atom. The Bertz CT molecular complexity index is 931. The summed E-state index contributed by atoms with van der Waals surface area (Å²) >= 11 is 13.0. The molecule has 0 radical (unpaired) electrons. The van der Waals surface area contributed by atoms with Gasteiger partial charge in [0.15, 0.2) is 0 Å². The zero-order valence-corrected chi connectivity index (χ0v) is 20.3. The molecule has 1 saturated carbocycles. The van der Waals surface area contributed by atoms with E-state index in [1.165, 1.54) is 0 Å². The summed E-state index contributed by atoms with van der Waals surface area (Å²) in [5.41, 5.74) is 7.39. The first kappa shape index (κ1) is 23.6. The third-order valence-electron chi connectivity index (χ3n) is 6.45. The molecule has 1 saturated heterocycles. The lowest BCUT2D eigenvalue weighted by atomic mass is 9.88. The van der Waals surface area contributed by atoms with Crippen LogP contribution in [0.1, 0.15) is 52.4 Å². The molecule has 0 aromatic carbocycles. The quantitative estimate of drug-likeness (QED) is 0.490. The van der Waals surface area contributed by atoms with E-state index in [1.54, 1.807) is 6.20 Å². The first-order valence-electron chi connectivity index (χ1n) is 11.5. The van der Waals surface area contributed by atoms with Crippen LogP contribution in [-0.2, 0) is 4.74 Å². The molecule has 2 aromatic rings. The van der Waals surface area contributed by atoms with Gasteiger partial charge in [-0.05, 0) is 76.5 Å². The lowest BCUT2D eigenvalue weighted by molar-refractivity contribution is -0.0699. The highest BCUT2D eigenvalue weighted by Crippen LogP contribution is 2.35. The van der Waals surface area contributed by atoms with E-state index in [1.807, 2.05) is 18.2 Å². The SMILES string of the molecule is CC1(C)CC(CNc2ccc(Cl)c(-c3cc(NC4CCC(N)CC4)ncc3Cl)n2)CCO1. The van der Waals surface area contributed by atoms with Gasteiger partial charge in [-0.25, -0.2) is 9.97 Å². The smallest absolute Gasteiger partial charge is 0.126 e. The summed E-state index contributed by atoms with van der Waals surface area (Å²) in [6.45, 7) is 5.95. The van der Waals surface area contributed by atoms with Crippen LogP contribution in [0.3, 0.4) is 0 Å². The number of rotatable bonds is 6. The van der Waals surface area contributed by atoms with E-state index in [4.69, 9.17) is 38.7 Å². The van der Waals surface area contributed by atoms with Crippen molar-refractivity contribution in [1.82, 2.24) is 9.97 Å². The van der Waals surface area contributed by atoms with Crippen LogP contribution in [0.15, 0.2) is 24.4 Å². The number of anilines is 2. The van der Waals surface area contributed by atoms with Crippen molar-refractivity contribution in [2.75, 3.05) is 23.8 Å². The molecule has 1 aliphatic heterocycles. The second-order valence-corrected chi connectivity index (χ2v) is 10.5. The van der Waals surface area contributed by atoms with Crippen LogP contribution in [0, 0.1) is 5.92 Å². The Morgan fingerprint density at radius 3 is 2.62 bits per heavy atom. The Balaban J connectivity index is 1.48. The average molecular weight is 478 g/mol. The van der Waals surface area contributed by atoms with Gasteiger partial charge in [-0.2, -0.15) is 0 Å². The molecule has 0 bridgehead atoms. The minimum atomic E-state index is -0.0689. The monoisotopic (exact) mass is 477 g/mol. The minimum Gasteiger partial charge on any atom is -0.376 e. The highest BCUT2D eigenvalue weighted by atomic mass is 35.5. The van der Waals surface area contributed by atoms with Gasteiger partial charge in [0.1, 0.15) is 11.6 Å². The van der Waals surface area contributed by atoms with Crippen LogP contribution in [-0.4, -0.2) is 40.8 Å². The van der Waals surface area contributed by atoms with Gasteiger partial charge in [-0.15, -0.1) is 0 Å². The standard InChI is InChI=1S/C24H33Cl2N5O/c1-24(2)12-15(9-10-32-24)13-28-21-8-7-19(25)23(31-21)18-11-22(29-14-20(18)26)30-17-5-3-16(27)4-6-17/h7-8,11,14-17H,3-6,9-10,12-13,27H2,1-2H3,(H,28,31)(H,29,30). The van der Waals surface area contributed by atoms with Gasteiger partial charge in [0.25, 0.3) is 0 Å². The van der Waals surface area contributed by atoms with Gasteiger partial charge in [0.05, 0.1) is 21.3 Å². The molecule has 1 unspecified atom stereocenters. The molecule has 2 aromatic heterocycles. The van der Waals surface area contributed by atoms with Crippen LogP contribution in [0.5, 0.6) is 0 Å². The van der Waals surface area contributed by atoms with Gasteiger partial charge in [0, 0.05) is 37.0 Å². The summed E-state index contributed by atoms with van der Waals surface area (Å²) in [6.07, 6.45) is 7.89. The number of aromatic nitrogens is 2. The molecule has 2 fully saturated rings. The normalized spacial score (nSPS) is 25.3. The van der Waals surface area contributed by atoms with Crippen LogP contribution >= 0.6 is 23.2 Å². The van der Waals surface area contributed by atoms with E-state index < -0.39 is 0 Å². The summed E-state index contributed by atoms with van der Waals surface area (Å²) in [4.78, 5) is 9.26. The van der Waals surface area contributed by atoms with Gasteiger partial charge in [0.2, 0.25) is 0 Å². The summed E-state index contributed by atoms with van der Waals surface area (Å²) in [7, 11) is 0. The lowest BCUT2D eigenvalue weighted by Crippen LogP contribution is -2.36. The number of nitrogens with two attached hydrogens (primary N) is 1. The zero-order valence-electron chi connectivity index (χ0n) is 18.8. The Hall–Kier alpha value is -1.60. The molecule has 2 aliphatic rings. The molecule has 174 valence electrons. The van der Waals surface area contributed by atoms with Crippen molar-refractivity contribution in [2.45, 2.75) is 70.1 Å². The fourth-order valence-electron chi connectivity index (χ4n) is 4.68. The van der Waals surface area contributed by atoms with Crippen molar-refractivity contribution in [3.8, 4) is 11.3 Å². The maximum atomic E-state index is 6.53. The third kappa shape index (κ3) is 6.04. The van der Waals surface area contributed by atoms with E-state index in [0.29, 0.717) is 33.7 Å². The Kier molecular flexibility index (Phi) is 7.45. The highest BCUT2D eigenvalue weighted by molar-refractivity contribution is 6.36. The first-order valence-corrected chi connectivity index (χ1v) is 12.3. The van der Waals surface area contributed by atoms with Crippen LogP contribution in [0.2, 0.25) is 10.0 Å². The molecule has 1 atom stereocenters. The predicted molar refractivity (Wildman–Crippen MR) is 133 cm³/mol. The van der Waals surface area contributed by atoms with E-state index in [0.717, 1.165) is 68.9 Å². The number of halogens is 2. The molecule has 1 aliphatic carbocycles. The average Bonchev–Trinajstić information content (AvgIpc) is 2.75. The molecule has 0 amide bonds. The van der Waals surface area contributed by atoms with Crippen LogP contribution in [0.4, 0.5) is 11.6 Å². The number of nitrogens with one attached hydrogen (secondary N) is 2. The number of hydrogen-bond donors (Lipinski definition) is 3. The van der Waals surface area contributed by atoms with Gasteiger partial charge < -0.3 is 21.1 Å². The van der Waals surface area contributed by atoms with Crippen molar-refractivity contribution in [3.63, 3.8) is 0 Å².